The number of hydrogen-bond donors (Lipinski definition) is 0. The number of Topliss-reactive ketones (excluding diaryl/α,β-unsaturated/α-hetero) is 1. The van der Waals surface area contributed by atoms with E-state index < -0.39 is 24.3 Å². The normalized spacial score (nSPS) is 26.2. The first-order chi connectivity index (χ1) is 20.1. The van der Waals surface area contributed by atoms with Gasteiger partial charge in [-0.25, -0.2) is 4.79 Å². The smallest absolute Gasteiger partial charge is 0.367 e. The van der Waals surface area contributed by atoms with Gasteiger partial charge in [-0.1, -0.05) is 30.4 Å². The molecule has 2 unspecified atom stereocenters. The number of rotatable bonds is 14. The summed E-state index contributed by atoms with van der Waals surface area (Å²) in [7, 11) is 1.32. The maximum atomic E-state index is 13.1. The minimum Gasteiger partial charge on any atom is -0.493 e. The average Bonchev–Trinajstić information content (AvgIpc) is 3.36. The molecule has 2 heterocycles. The molecule has 2 saturated heterocycles. The van der Waals surface area contributed by atoms with E-state index in [0.717, 1.165) is 44.3 Å². The summed E-state index contributed by atoms with van der Waals surface area (Å²) in [5, 5.41) is 0. The Bertz CT molecular complexity index is 1010. The van der Waals surface area contributed by atoms with Gasteiger partial charge in [0, 0.05) is 32.0 Å². The van der Waals surface area contributed by atoms with E-state index in [9.17, 15) is 9.59 Å². The minimum absolute atomic E-state index is 0.0775. The van der Waals surface area contributed by atoms with Crippen LogP contribution < -0.4 is 4.74 Å². The molecule has 4 atom stereocenters. The van der Waals surface area contributed by atoms with E-state index in [-0.39, 0.29) is 24.0 Å². The van der Waals surface area contributed by atoms with E-state index in [4.69, 9.17) is 28.4 Å². The minimum atomic E-state index is -1.70. The summed E-state index contributed by atoms with van der Waals surface area (Å²) in [6.07, 6.45) is 14.8. The van der Waals surface area contributed by atoms with Gasteiger partial charge in [0.1, 0.15) is 11.5 Å². The molecule has 2 aliphatic heterocycles. The standard InChI is InChI=1S/C33H44O8/c1-36-32(35)33(40-30-18-8-12-24-38-30,41-31-19-9-13-25-39-31)22-10-3-6-17-28-26(20-21-29(28)34)14-7-11-23-37-27-15-4-2-5-16-27/h2,4-7,10,14-16,26,28,30-31H,8-9,11-13,17-25H2,1H3/b14-7+/t3?,26-,28+,30?,31?,33?/m0/s1. The zero-order valence-corrected chi connectivity index (χ0v) is 24.2. The second-order valence-electron chi connectivity index (χ2n) is 10.7. The second kappa shape index (κ2) is 16.6. The fraction of sp³-hybridized carbons (Fsp3) is 0.606. The number of ketones is 1. The molecule has 8 nitrogen and oxygen atoms in total. The summed E-state index contributed by atoms with van der Waals surface area (Å²) in [5.74, 6) is -1.08. The van der Waals surface area contributed by atoms with Crippen molar-refractivity contribution in [3.63, 3.8) is 0 Å². The van der Waals surface area contributed by atoms with E-state index in [1.165, 1.54) is 7.11 Å². The van der Waals surface area contributed by atoms with Crippen LogP contribution in [0.1, 0.15) is 70.6 Å². The van der Waals surface area contributed by atoms with Crippen LogP contribution >= 0.6 is 0 Å². The Morgan fingerprint density at radius 3 is 2.34 bits per heavy atom. The number of methoxy groups -OCH3 is 1. The van der Waals surface area contributed by atoms with Crippen molar-refractivity contribution in [2.45, 2.75) is 89.0 Å². The summed E-state index contributed by atoms with van der Waals surface area (Å²) in [5.41, 5.74) is 3.16. The van der Waals surface area contributed by atoms with Crippen molar-refractivity contribution in [3.8, 4) is 5.75 Å². The van der Waals surface area contributed by atoms with Crippen molar-refractivity contribution >= 4 is 11.8 Å². The Kier molecular flexibility index (Phi) is 12.7. The molecule has 1 aromatic rings. The van der Waals surface area contributed by atoms with Crippen LogP contribution in [0.15, 0.2) is 60.4 Å². The first-order valence-corrected chi connectivity index (χ1v) is 15.0. The Morgan fingerprint density at radius 2 is 1.71 bits per heavy atom. The second-order valence-corrected chi connectivity index (χ2v) is 10.7. The van der Waals surface area contributed by atoms with Gasteiger partial charge in [-0.15, -0.1) is 5.73 Å². The van der Waals surface area contributed by atoms with Crippen molar-refractivity contribution in [2.24, 2.45) is 11.8 Å². The van der Waals surface area contributed by atoms with Crippen molar-refractivity contribution in [1.82, 2.24) is 0 Å². The fourth-order valence-corrected chi connectivity index (χ4v) is 5.47. The van der Waals surface area contributed by atoms with Crippen molar-refractivity contribution < 1.29 is 38.0 Å². The highest BCUT2D eigenvalue weighted by Crippen LogP contribution is 2.33. The summed E-state index contributed by atoms with van der Waals surface area (Å²) in [4.78, 5) is 25.7. The fourth-order valence-electron chi connectivity index (χ4n) is 5.47. The van der Waals surface area contributed by atoms with Crippen LogP contribution in [0, 0.1) is 11.8 Å². The highest BCUT2D eigenvalue weighted by Gasteiger charge is 2.47. The number of esters is 1. The van der Waals surface area contributed by atoms with Gasteiger partial charge in [-0.05, 0) is 88.0 Å². The van der Waals surface area contributed by atoms with Crippen LogP contribution in [0.4, 0.5) is 0 Å². The van der Waals surface area contributed by atoms with Gasteiger partial charge >= 0.3 is 5.97 Å². The number of hydrogen-bond acceptors (Lipinski definition) is 8. The van der Waals surface area contributed by atoms with Gasteiger partial charge in [-0.2, -0.15) is 0 Å². The molecule has 0 N–H and O–H groups in total. The molecule has 8 heteroatoms. The molecule has 1 aliphatic carbocycles. The van der Waals surface area contributed by atoms with Crippen molar-refractivity contribution in [1.29, 1.82) is 0 Å². The molecule has 4 rings (SSSR count). The first kappa shape index (κ1) is 31.2. The van der Waals surface area contributed by atoms with E-state index in [0.29, 0.717) is 45.5 Å². The molecule has 1 aromatic carbocycles. The molecule has 1 saturated carbocycles. The molecule has 0 amide bonds. The Hall–Kier alpha value is -2.74. The topological polar surface area (TPSA) is 89.5 Å². The third-order valence-corrected chi connectivity index (χ3v) is 7.73. The molecule has 41 heavy (non-hydrogen) atoms. The third kappa shape index (κ3) is 9.66. The van der Waals surface area contributed by atoms with Crippen LogP contribution in [0.2, 0.25) is 0 Å². The maximum absolute atomic E-state index is 13.1. The van der Waals surface area contributed by atoms with Gasteiger partial charge in [0.15, 0.2) is 12.6 Å². The molecular formula is C33H44O8. The summed E-state index contributed by atoms with van der Waals surface area (Å²) in [6.45, 7) is 1.74. The zero-order chi connectivity index (χ0) is 28.8. The molecule has 3 fully saturated rings. The monoisotopic (exact) mass is 568 g/mol. The number of benzene rings is 1. The lowest BCUT2D eigenvalue weighted by molar-refractivity contribution is -0.350. The Labute approximate surface area is 243 Å². The van der Waals surface area contributed by atoms with Gasteiger partial charge in [0.25, 0.3) is 5.79 Å². The van der Waals surface area contributed by atoms with Crippen molar-refractivity contribution in [3.05, 3.63) is 60.4 Å². The predicted octanol–water partition coefficient (Wildman–Crippen LogP) is 6.05. The lowest BCUT2D eigenvalue weighted by Crippen LogP contribution is -2.51. The van der Waals surface area contributed by atoms with Crippen LogP contribution in [0.3, 0.4) is 0 Å². The van der Waals surface area contributed by atoms with Crippen LogP contribution in [0.25, 0.3) is 0 Å². The van der Waals surface area contributed by atoms with Crippen molar-refractivity contribution in [2.75, 3.05) is 26.9 Å². The summed E-state index contributed by atoms with van der Waals surface area (Å²) >= 11 is 0. The largest absolute Gasteiger partial charge is 0.493 e. The molecular weight excluding hydrogens is 524 g/mol. The zero-order valence-electron chi connectivity index (χ0n) is 24.2. The van der Waals surface area contributed by atoms with Gasteiger partial charge in [-0.3, -0.25) is 4.79 Å². The Balaban J connectivity index is 1.35. The first-order valence-electron chi connectivity index (χ1n) is 15.0. The SMILES string of the molecule is COC(=O)C(CC=C=CC[C@H]1C(=O)CC[C@@H]1/C=C/CCOc1ccccc1)(OC1CCCCO1)OC1CCCCO1. The van der Waals surface area contributed by atoms with E-state index in [1.54, 1.807) is 6.08 Å². The highest BCUT2D eigenvalue weighted by atomic mass is 16.8. The van der Waals surface area contributed by atoms with Gasteiger partial charge in [0.05, 0.1) is 13.7 Å². The number of carbonyl (C=O) groups excluding carboxylic acids is 2. The van der Waals surface area contributed by atoms with Crippen LogP contribution in [-0.2, 0) is 33.3 Å². The lowest BCUT2D eigenvalue weighted by atomic mass is 9.91. The molecule has 0 radical (unpaired) electrons. The van der Waals surface area contributed by atoms with E-state index >= 15 is 0 Å². The van der Waals surface area contributed by atoms with Gasteiger partial charge < -0.3 is 28.4 Å². The van der Waals surface area contributed by atoms with E-state index in [1.807, 2.05) is 36.4 Å². The third-order valence-electron chi connectivity index (χ3n) is 7.73. The van der Waals surface area contributed by atoms with Crippen LogP contribution in [-0.4, -0.2) is 57.1 Å². The summed E-state index contributed by atoms with van der Waals surface area (Å²) in [6, 6.07) is 9.75. The molecule has 3 aliphatic rings. The van der Waals surface area contributed by atoms with Crippen LogP contribution in [0.5, 0.6) is 5.75 Å². The number of para-hydroxylation sites is 1. The molecule has 0 aromatic heterocycles. The van der Waals surface area contributed by atoms with E-state index in [2.05, 4.69) is 17.9 Å². The molecule has 224 valence electrons. The number of allylic oxidation sites excluding steroid dienone is 1. The quantitative estimate of drug-likeness (QED) is 0.0881. The number of ether oxygens (including phenoxy) is 6. The van der Waals surface area contributed by atoms with Gasteiger partial charge in [0.2, 0.25) is 0 Å². The maximum Gasteiger partial charge on any atom is 0.367 e. The summed E-state index contributed by atoms with van der Waals surface area (Å²) < 4.78 is 34.8. The molecule has 0 spiro atoms. The lowest BCUT2D eigenvalue weighted by Gasteiger charge is -2.38. The number of carbonyl (C=O) groups is 2. The predicted molar refractivity (Wildman–Crippen MR) is 153 cm³/mol. The Morgan fingerprint density at radius 1 is 1.00 bits per heavy atom. The molecule has 0 bridgehead atoms. The highest BCUT2D eigenvalue weighted by molar-refractivity contribution is 5.83. The average molecular weight is 569 g/mol.